The van der Waals surface area contributed by atoms with Crippen molar-refractivity contribution < 1.29 is 5.11 Å². The van der Waals surface area contributed by atoms with Crippen molar-refractivity contribution in [3.05, 3.63) is 12.4 Å². The van der Waals surface area contributed by atoms with Crippen LogP contribution < -0.4 is 5.32 Å². The van der Waals surface area contributed by atoms with Crippen molar-refractivity contribution >= 4 is 5.69 Å². The molecule has 4 heteroatoms. The molecule has 2 N–H and O–H groups in total. The molecule has 0 bridgehead atoms. The van der Waals surface area contributed by atoms with Gasteiger partial charge in [0.25, 0.3) is 0 Å². The minimum absolute atomic E-state index is 0.131. The van der Waals surface area contributed by atoms with Crippen LogP contribution in [0.3, 0.4) is 0 Å². The van der Waals surface area contributed by atoms with E-state index in [-0.39, 0.29) is 6.61 Å². The van der Waals surface area contributed by atoms with Crippen LogP contribution in [0.25, 0.3) is 0 Å². The second kappa shape index (κ2) is 5.65. The number of aliphatic hydroxyl groups excluding tert-OH is 1. The average Bonchev–Trinajstić information content (AvgIpc) is 2.63. The Morgan fingerprint density at radius 2 is 2.21 bits per heavy atom. The maximum atomic E-state index is 8.72. The monoisotopic (exact) mass is 197 g/mol. The van der Waals surface area contributed by atoms with Crippen LogP contribution in [0.2, 0.25) is 0 Å². The van der Waals surface area contributed by atoms with Crippen LogP contribution in [0.15, 0.2) is 12.4 Å². The number of anilines is 1. The molecule has 0 saturated carbocycles. The fourth-order valence-corrected chi connectivity index (χ4v) is 1.39. The van der Waals surface area contributed by atoms with Gasteiger partial charge in [0.1, 0.15) is 0 Å². The molecule has 4 nitrogen and oxygen atoms in total. The van der Waals surface area contributed by atoms with Crippen LogP contribution in [0.5, 0.6) is 0 Å². The molecule has 0 fully saturated rings. The summed E-state index contributed by atoms with van der Waals surface area (Å²) >= 11 is 0. The second-order valence-corrected chi connectivity index (χ2v) is 3.37. The number of aromatic nitrogens is 2. The molecule has 0 aliphatic carbocycles. The van der Waals surface area contributed by atoms with E-state index in [0.29, 0.717) is 12.6 Å². The van der Waals surface area contributed by atoms with Crippen molar-refractivity contribution in [1.82, 2.24) is 9.78 Å². The van der Waals surface area contributed by atoms with E-state index in [1.165, 1.54) is 0 Å². The third-order valence-corrected chi connectivity index (χ3v) is 2.32. The number of hydrogen-bond acceptors (Lipinski definition) is 3. The summed E-state index contributed by atoms with van der Waals surface area (Å²) in [5.74, 6) is 0. The molecule has 1 aromatic rings. The fraction of sp³-hybridized carbons (Fsp3) is 0.700. The van der Waals surface area contributed by atoms with Crippen molar-refractivity contribution in [2.75, 3.05) is 11.9 Å². The molecule has 0 unspecified atom stereocenters. The van der Waals surface area contributed by atoms with E-state index < -0.39 is 0 Å². The van der Waals surface area contributed by atoms with Gasteiger partial charge in [-0.1, -0.05) is 13.8 Å². The predicted octanol–water partition coefficient (Wildman–Crippen LogP) is 1.48. The molecule has 0 saturated heterocycles. The molecule has 0 aromatic carbocycles. The molecule has 0 amide bonds. The van der Waals surface area contributed by atoms with E-state index >= 15 is 0 Å². The maximum absolute atomic E-state index is 8.72. The minimum Gasteiger partial charge on any atom is -0.394 e. The fourth-order valence-electron chi connectivity index (χ4n) is 1.39. The van der Waals surface area contributed by atoms with Crippen LogP contribution in [-0.2, 0) is 6.54 Å². The first kappa shape index (κ1) is 11.0. The summed E-state index contributed by atoms with van der Waals surface area (Å²) in [6, 6.07) is 0.516. The smallest absolute Gasteiger partial charge is 0.0728 e. The van der Waals surface area contributed by atoms with Crippen molar-refractivity contribution in [1.29, 1.82) is 0 Å². The lowest BCUT2D eigenvalue weighted by molar-refractivity contribution is 0.269. The van der Waals surface area contributed by atoms with Gasteiger partial charge in [-0.15, -0.1) is 0 Å². The van der Waals surface area contributed by atoms with Crippen LogP contribution in [0.4, 0.5) is 5.69 Å². The standard InChI is InChI=1S/C10H19N3O/c1-3-9(4-2)12-10-7-11-13(8-10)5-6-14/h7-9,12,14H,3-6H2,1-2H3. The first-order chi connectivity index (χ1) is 6.80. The average molecular weight is 197 g/mol. The van der Waals surface area contributed by atoms with Gasteiger partial charge in [0.2, 0.25) is 0 Å². The zero-order chi connectivity index (χ0) is 10.4. The molecule has 0 spiro atoms. The predicted molar refractivity (Wildman–Crippen MR) is 57.3 cm³/mol. The van der Waals surface area contributed by atoms with Crippen molar-refractivity contribution in [2.45, 2.75) is 39.3 Å². The van der Waals surface area contributed by atoms with E-state index in [1.54, 1.807) is 10.9 Å². The molecule has 0 aliphatic rings. The highest BCUT2D eigenvalue weighted by molar-refractivity contribution is 5.39. The zero-order valence-electron chi connectivity index (χ0n) is 8.90. The maximum Gasteiger partial charge on any atom is 0.0728 e. The van der Waals surface area contributed by atoms with E-state index in [9.17, 15) is 0 Å². The normalized spacial score (nSPS) is 10.9. The summed E-state index contributed by atoms with van der Waals surface area (Å²) in [7, 11) is 0. The minimum atomic E-state index is 0.131. The zero-order valence-corrected chi connectivity index (χ0v) is 8.90. The summed E-state index contributed by atoms with van der Waals surface area (Å²) < 4.78 is 1.74. The van der Waals surface area contributed by atoms with E-state index in [1.807, 2.05) is 6.20 Å². The molecule has 0 radical (unpaired) electrons. The van der Waals surface area contributed by atoms with Gasteiger partial charge in [-0.25, -0.2) is 0 Å². The second-order valence-electron chi connectivity index (χ2n) is 3.37. The Labute approximate surface area is 84.9 Å². The Balaban J connectivity index is 2.49. The molecule has 14 heavy (non-hydrogen) atoms. The number of aliphatic hydroxyl groups is 1. The van der Waals surface area contributed by atoms with Gasteiger partial charge in [-0.3, -0.25) is 4.68 Å². The lowest BCUT2D eigenvalue weighted by Gasteiger charge is -2.13. The third-order valence-electron chi connectivity index (χ3n) is 2.32. The van der Waals surface area contributed by atoms with Gasteiger partial charge in [-0.05, 0) is 12.8 Å². The highest BCUT2D eigenvalue weighted by atomic mass is 16.3. The summed E-state index contributed by atoms with van der Waals surface area (Å²) in [5, 5.41) is 16.2. The van der Waals surface area contributed by atoms with Crippen LogP contribution in [0.1, 0.15) is 26.7 Å². The SMILES string of the molecule is CCC(CC)Nc1cnn(CCO)c1. The molecular formula is C10H19N3O. The molecular weight excluding hydrogens is 178 g/mol. The quantitative estimate of drug-likeness (QED) is 0.726. The molecule has 80 valence electrons. The van der Waals surface area contributed by atoms with Crippen LogP contribution >= 0.6 is 0 Å². The Hall–Kier alpha value is -1.03. The van der Waals surface area contributed by atoms with Crippen LogP contribution in [0, 0.1) is 0 Å². The Kier molecular flexibility index (Phi) is 4.46. The van der Waals surface area contributed by atoms with Gasteiger partial charge in [0, 0.05) is 12.2 Å². The lowest BCUT2D eigenvalue weighted by atomic mass is 10.2. The van der Waals surface area contributed by atoms with E-state index in [0.717, 1.165) is 18.5 Å². The Morgan fingerprint density at radius 3 is 2.79 bits per heavy atom. The molecule has 1 heterocycles. The first-order valence-corrected chi connectivity index (χ1v) is 5.20. The van der Waals surface area contributed by atoms with Gasteiger partial charge in [0.15, 0.2) is 0 Å². The van der Waals surface area contributed by atoms with Crippen molar-refractivity contribution in [2.24, 2.45) is 0 Å². The molecule has 0 atom stereocenters. The Bertz CT molecular complexity index is 256. The van der Waals surface area contributed by atoms with Gasteiger partial charge >= 0.3 is 0 Å². The van der Waals surface area contributed by atoms with Gasteiger partial charge in [-0.2, -0.15) is 5.10 Å². The molecule has 0 aliphatic heterocycles. The van der Waals surface area contributed by atoms with E-state index in [4.69, 9.17) is 5.11 Å². The topological polar surface area (TPSA) is 50.1 Å². The largest absolute Gasteiger partial charge is 0.394 e. The molecule has 1 rings (SSSR count). The van der Waals surface area contributed by atoms with E-state index in [2.05, 4.69) is 24.3 Å². The summed E-state index contributed by atoms with van der Waals surface area (Å²) in [6.45, 7) is 5.02. The highest BCUT2D eigenvalue weighted by Gasteiger charge is 2.04. The number of nitrogens with zero attached hydrogens (tertiary/aromatic N) is 2. The summed E-state index contributed by atoms with van der Waals surface area (Å²) in [5.41, 5.74) is 1.03. The lowest BCUT2D eigenvalue weighted by Crippen LogP contribution is -2.16. The van der Waals surface area contributed by atoms with Crippen molar-refractivity contribution in [3.63, 3.8) is 0 Å². The van der Waals surface area contributed by atoms with Gasteiger partial charge < -0.3 is 10.4 Å². The third kappa shape index (κ3) is 3.03. The Morgan fingerprint density at radius 1 is 1.50 bits per heavy atom. The van der Waals surface area contributed by atoms with Crippen LogP contribution in [-0.4, -0.2) is 27.5 Å². The van der Waals surface area contributed by atoms with Gasteiger partial charge in [0.05, 0.1) is 25.0 Å². The highest BCUT2D eigenvalue weighted by Crippen LogP contribution is 2.10. The number of hydrogen-bond donors (Lipinski definition) is 2. The summed E-state index contributed by atoms with van der Waals surface area (Å²) in [6.07, 6.45) is 5.95. The molecule has 1 aromatic heterocycles. The summed E-state index contributed by atoms with van der Waals surface area (Å²) in [4.78, 5) is 0. The first-order valence-electron chi connectivity index (χ1n) is 5.20. The number of rotatable bonds is 6. The number of nitrogens with one attached hydrogen (secondary N) is 1. The van der Waals surface area contributed by atoms with Crippen molar-refractivity contribution in [3.8, 4) is 0 Å².